The molecule has 0 aromatic heterocycles. The van der Waals surface area contributed by atoms with Gasteiger partial charge in [-0.25, -0.2) is 0 Å². The third-order valence-corrected chi connectivity index (χ3v) is 3.33. The van der Waals surface area contributed by atoms with Gasteiger partial charge in [-0.05, 0) is 44.4 Å². The zero-order valence-electron chi connectivity index (χ0n) is 8.39. The van der Waals surface area contributed by atoms with Gasteiger partial charge in [0.05, 0.1) is 0 Å². The van der Waals surface area contributed by atoms with Crippen molar-refractivity contribution in [1.29, 1.82) is 0 Å². The summed E-state index contributed by atoms with van der Waals surface area (Å²) in [6.07, 6.45) is 14.2. The van der Waals surface area contributed by atoms with E-state index in [0.717, 1.165) is 5.92 Å². The minimum Gasteiger partial charge on any atom is -0.0956 e. The average molecular weight is 175 g/mol. The molecule has 2 rings (SSSR count). The van der Waals surface area contributed by atoms with Crippen LogP contribution in [0.2, 0.25) is 0 Å². The maximum atomic E-state index is 4.20. The lowest BCUT2D eigenvalue weighted by Crippen LogP contribution is -1.95. The van der Waals surface area contributed by atoms with Crippen LogP contribution in [-0.4, -0.2) is 0 Å². The van der Waals surface area contributed by atoms with E-state index in [1.165, 1.54) is 56.1 Å². The van der Waals surface area contributed by atoms with Crippen molar-refractivity contribution in [2.75, 3.05) is 0 Å². The van der Waals surface area contributed by atoms with Crippen LogP contribution in [0.5, 0.6) is 0 Å². The summed E-state index contributed by atoms with van der Waals surface area (Å²) in [6, 6.07) is 0. The van der Waals surface area contributed by atoms with Gasteiger partial charge in [0.15, 0.2) is 0 Å². The molecule has 0 heteroatoms. The van der Waals surface area contributed by atoms with Crippen LogP contribution >= 0.6 is 0 Å². The van der Waals surface area contributed by atoms with E-state index in [9.17, 15) is 0 Å². The van der Waals surface area contributed by atoms with Crippen LogP contribution in [0.3, 0.4) is 0 Å². The van der Waals surface area contributed by atoms with E-state index in [-0.39, 0.29) is 0 Å². The molecule has 2 saturated carbocycles. The minimum atomic E-state index is 0.807. The zero-order valence-corrected chi connectivity index (χ0v) is 8.39. The van der Waals surface area contributed by atoms with Crippen molar-refractivity contribution >= 4 is 0 Å². The van der Waals surface area contributed by atoms with E-state index in [1.807, 2.05) is 0 Å². The van der Waals surface area contributed by atoms with Crippen LogP contribution in [0.4, 0.5) is 0 Å². The first-order chi connectivity index (χ1) is 6.36. The molecule has 13 heavy (non-hydrogen) atoms. The summed E-state index contributed by atoms with van der Waals surface area (Å²) < 4.78 is 0. The maximum absolute atomic E-state index is 4.20. The van der Waals surface area contributed by atoms with Gasteiger partial charge >= 0.3 is 0 Å². The molecule has 0 saturated heterocycles. The molecule has 2 aliphatic carbocycles. The molecule has 2 fully saturated rings. The van der Waals surface area contributed by atoms with Crippen molar-refractivity contribution in [3.63, 3.8) is 0 Å². The average Bonchev–Trinajstić information content (AvgIpc) is 2.74. The van der Waals surface area contributed by atoms with Crippen LogP contribution in [0.1, 0.15) is 44.9 Å². The van der Waals surface area contributed by atoms with Crippen LogP contribution in [0.15, 0.2) is 23.8 Å². The van der Waals surface area contributed by atoms with Gasteiger partial charge in [0.25, 0.3) is 0 Å². The molecule has 0 aromatic carbocycles. The second-order valence-electron chi connectivity index (χ2n) is 4.37. The van der Waals surface area contributed by atoms with Gasteiger partial charge in [0, 0.05) is 0 Å². The van der Waals surface area contributed by atoms with E-state index in [4.69, 9.17) is 0 Å². The molecule has 0 spiro atoms. The fourth-order valence-electron chi connectivity index (χ4n) is 2.48. The smallest absolute Gasteiger partial charge is 0.0134 e. The minimum absolute atomic E-state index is 0.807. The van der Waals surface area contributed by atoms with Crippen molar-refractivity contribution in [2.24, 2.45) is 5.92 Å². The molecule has 71 valence electrons. The Morgan fingerprint density at radius 2 is 2.08 bits per heavy atom. The first-order valence-corrected chi connectivity index (χ1v) is 5.59. The summed E-state index contributed by atoms with van der Waals surface area (Å²) in [5.74, 6) is 0.807. The van der Waals surface area contributed by atoms with Gasteiger partial charge in [-0.15, -0.1) is 0 Å². The Morgan fingerprint density at radius 3 is 2.69 bits per heavy atom. The second kappa shape index (κ2) is 4.13. The molecule has 0 N–H and O–H groups in total. The number of rotatable bonds is 2. The highest BCUT2D eigenvalue weighted by molar-refractivity contribution is 5.29. The topological polar surface area (TPSA) is 0 Å². The molecular formula is C13H19. The third kappa shape index (κ3) is 2.24. The van der Waals surface area contributed by atoms with Gasteiger partial charge in [0.2, 0.25) is 0 Å². The Morgan fingerprint density at radius 1 is 1.31 bits per heavy atom. The molecule has 0 bridgehead atoms. The molecule has 0 nitrogen and oxygen atoms in total. The lowest BCUT2D eigenvalue weighted by atomic mass is 9.96. The Hall–Kier alpha value is -0.520. The predicted molar refractivity (Wildman–Crippen MR) is 57.3 cm³/mol. The Balaban J connectivity index is 1.92. The second-order valence-corrected chi connectivity index (χ2v) is 4.37. The SMILES string of the molecule is C=C(C=C1[CH]CCC1)C1CCCC1. The Labute approximate surface area is 81.7 Å². The monoisotopic (exact) mass is 175 g/mol. The van der Waals surface area contributed by atoms with Crippen molar-refractivity contribution < 1.29 is 0 Å². The maximum Gasteiger partial charge on any atom is -0.0134 e. The van der Waals surface area contributed by atoms with Gasteiger partial charge in [-0.3, -0.25) is 0 Å². The predicted octanol–water partition coefficient (Wildman–Crippen LogP) is 4.05. The fourth-order valence-corrected chi connectivity index (χ4v) is 2.48. The largest absolute Gasteiger partial charge is 0.0956 e. The number of allylic oxidation sites excluding steroid dienone is 3. The molecule has 0 aromatic rings. The summed E-state index contributed by atoms with van der Waals surface area (Å²) in [5.41, 5.74) is 2.93. The van der Waals surface area contributed by atoms with E-state index >= 15 is 0 Å². The van der Waals surface area contributed by atoms with Crippen molar-refractivity contribution in [2.45, 2.75) is 44.9 Å². The van der Waals surface area contributed by atoms with Crippen molar-refractivity contribution in [3.05, 3.63) is 30.2 Å². The highest BCUT2D eigenvalue weighted by atomic mass is 14.2. The highest BCUT2D eigenvalue weighted by Crippen LogP contribution is 2.33. The molecule has 0 unspecified atom stereocenters. The number of hydrogen-bond donors (Lipinski definition) is 0. The van der Waals surface area contributed by atoms with Crippen LogP contribution in [-0.2, 0) is 0 Å². The van der Waals surface area contributed by atoms with Crippen molar-refractivity contribution in [3.8, 4) is 0 Å². The molecule has 2 aliphatic rings. The van der Waals surface area contributed by atoms with E-state index in [2.05, 4.69) is 19.1 Å². The third-order valence-electron chi connectivity index (χ3n) is 3.33. The summed E-state index contributed by atoms with van der Waals surface area (Å²) in [5, 5.41) is 0. The lowest BCUT2D eigenvalue weighted by Gasteiger charge is -2.09. The summed E-state index contributed by atoms with van der Waals surface area (Å²) >= 11 is 0. The highest BCUT2D eigenvalue weighted by Gasteiger charge is 2.17. The molecule has 0 aliphatic heterocycles. The van der Waals surface area contributed by atoms with E-state index in [1.54, 1.807) is 0 Å². The molecule has 0 amide bonds. The lowest BCUT2D eigenvalue weighted by molar-refractivity contribution is 0.659. The fraction of sp³-hybridized carbons (Fsp3) is 0.615. The first-order valence-electron chi connectivity index (χ1n) is 5.59. The van der Waals surface area contributed by atoms with E-state index in [0.29, 0.717) is 0 Å². The molecule has 0 heterocycles. The normalized spacial score (nSPS) is 27.2. The summed E-state index contributed by atoms with van der Waals surface area (Å²) in [4.78, 5) is 0. The van der Waals surface area contributed by atoms with Crippen LogP contribution < -0.4 is 0 Å². The summed E-state index contributed by atoms with van der Waals surface area (Å²) in [6.45, 7) is 4.20. The standard InChI is InChI=1S/C13H19/c1-11(13-8-4-5-9-13)10-12-6-2-3-7-12/h6,10,13H,1-5,7-9H2. The van der Waals surface area contributed by atoms with Gasteiger partial charge < -0.3 is 0 Å². The Bertz CT molecular complexity index is 208. The van der Waals surface area contributed by atoms with Crippen LogP contribution in [0.25, 0.3) is 0 Å². The summed E-state index contributed by atoms with van der Waals surface area (Å²) in [7, 11) is 0. The quantitative estimate of drug-likeness (QED) is 0.594. The van der Waals surface area contributed by atoms with Crippen LogP contribution in [0, 0.1) is 12.3 Å². The first kappa shape index (κ1) is 9.05. The molecular weight excluding hydrogens is 156 g/mol. The number of hydrogen-bond acceptors (Lipinski definition) is 0. The van der Waals surface area contributed by atoms with Gasteiger partial charge in [0.1, 0.15) is 0 Å². The molecule has 1 radical (unpaired) electrons. The van der Waals surface area contributed by atoms with Crippen molar-refractivity contribution in [1.82, 2.24) is 0 Å². The zero-order chi connectivity index (χ0) is 9.10. The van der Waals surface area contributed by atoms with E-state index < -0.39 is 0 Å². The Kier molecular flexibility index (Phi) is 2.87. The molecule has 0 atom stereocenters. The van der Waals surface area contributed by atoms with Gasteiger partial charge in [-0.2, -0.15) is 0 Å². The van der Waals surface area contributed by atoms with Gasteiger partial charge in [-0.1, -0.05) is 36.6 Å².